The van der Waals surface area contributed by atoms with Gasteiger partial charge in [0.25, 0.3) is 0 Å². The number of benzene rings is 1. The van der Waals surface area contributed by atoms with Gasteiger partial charge in [0.15, 0.2) is 0 Å². The number of aromatic carboxylic acids is 1. The highest BCUT2D eigenvalue weighted by Crippen LogP contribution is 2.25. The second-order valence-electron chi connectivity index (χ2n) is 8.30. The average molecular weight is 541 g/mol. The minimum atomic E-state index is -5.08. The summed E-state index contributed by atoms with van der Waals surface area (Å²) in [7, 11) is -3.57. The van der Waals surface area contributed by atoms with E-state index in [2.05, 4.69) is 14.9 Å². The number of carboxylic acid groups (broad SMARTS) is 2. The molecule has 1 heterocycles. The van der Waals surface area contributed by atoms with Gasteiger partial charge in [0.1, 0.15) is 0 Å². The van der Waals surface area contributed by atoms with Gasteiger partial charge in [0, 0.05) is 38.4 Å². The first-order valence-corrected chi connectivity index (χ1v) is 12.6. The van der Waals surface area contributed by atoms with Crippen LogP contribution in [0.2, 0.25) is 0 Å². The van der Waals surface area contributed by atoms with E-state index in [1.807, 2.05) is 18.7 Å². The van der Waals surface area contributed by atoms with E-state index in [-0.39, 0.29) is 22.9 Å². The molecule has 0 aliphatic carbocycles. The van der Waals surface area contributed by atoms with E-state index in [1.165, 1.54) is 19.1 Å². The fourth-order valence-corrected chi connectivity index (χ4v) is 3.63. The zero-order valence-corrected chi connectivity index (χ0v) is 20.9. The number of nitrogens with one attached hydrogen (secondary N) is 2. The normalized spacial score (nSPS) is 14.6. The van der Waals surface area contributed by atoms with E-state index in [0.29, 0.717) is 50.9 Å². The highest BCUT2D eigenvalue weighted by molar-refractivity contribution is 7.92. The highest BCUT2D eigenvalue weighted by atomic mass is 32.2. The molecule has 0 spiro atoms. The van der Waals surface area contributed by atoms with Crippen molar-refractivity contribution in [2.75, 3.05) is 54.6 Å². The van der Waals surface area contributed by atoms with E-state index in [9.17, 15) is 36.3 Å². The minimum absolute atomic E-state index is 0.00729. The van der Waals surface area contributed by atoms with Gasteiger partial charge in [-0.3, -0.25) is 14.4 Å². The summed E-state index contributed by atoms with van der Waals surface area (Å²) in [5, 5.41) is 19.5. The number of piperazine rings is 1. The Morgan fingerprint density at radius 3 is 2.08 bits per heavy atom. The van der Waals surface area contributed by atoms with Crippen LogP contribution in [0.4, 0.5) is 24.5 Å². The van der Waals surface area contributed by atoms with Crippen molar-refractivity contribution >= 4 is 39.2 Å². The molecule has 0 aromatic heterocycles. The summed E-state index contributed by atoms with van der Waals surface area (Å²) in [6.07, 6.45) is -5.08. The SMILES string of the molecule is CCS(=O)(=O)Nc1ccc(N2CCN(CC(=O)NCC(C)C)CC2)cc1C(=O)O.O=C(O)C(F)(F)F. The molecular weight excluding hydrogens is 509 g/mol. The molecule has 1 amide bonds. The Hall–Kier alpha value is -3.07. The van der Waals surface area contributed by atoms with Crippen LogP contribution in [0.1, 0.15) is 31.1 Å². The zero-order valence-electron chi connectivity index (χ0n) is 20.1. The molecule has 0 bridgehead atoms. The summed E-state index contributed by atoms with van der Waals surface area (Å²) in [5.74, 6) is -3.67. The summed E-state index contributed by atoms with van der Waals surface area (Å²) < 4.78 is 57.6. The lowest BCUT2D eigenvalue weighted by Gasteiger charge is -2.36. The van der Waals surface area contributed by atoms with Gasteiger partial charge in [0.05, 0.1) is 23.5 Å². The lowest BCUT2D eigenvalue weighted by molar-refractivity contribution is -0.192. The number of hydrogen-bond donors (Lipinski definition) is 4. The molecule has 1 aliphatic rings. The van der Waals surface area contributed by atoms with Crippen LogP contribution in [-0.4, -0.2) is 92.6 Å². The number of carbonyl (C=O) groups is 3. The molecule has 0 unspecified atom stereocenters. The van der Waals surface area contributed by atoms with Gasteiger partial charge >= 0.3 is 18.1 Å². The molecule has 4 N–H and O–H groups in total. The van der Waals surface area contributed by atoms with Crippen molar-refractivity contribution in [2.24, 2.45) is 5.92 Å². The fraction of sp³-hybridized carbons (Fsp3) is 0.571. The largest absolute Gasteiger partial charge is 0.490 e. The van der Waals surface area contributed by atoms with Crippen LogP contribution in [0.5, 0.6) is 0 Å². The molecule has 2 rings (SSSR count). The first-order chi connectivity index (χ1) is 16.6. The first-order valence-electron chi connectivity index (χ1n) is 11.0. The van der Waals surface area contributed by atoms with Crippen LogP contribution in [0.3, 0.4) is 0 Å². The van der Waals surface area contributed by atoms with Crippen LogP contribution in [-0.2, 0) is 19.6 Å². The van der Waals surface area contributed by atoms with E-state index >= 15 is 0 Å². The summed E-state index contributed by atoms with van der Waals surface area (Å²) in [6.45, 7) is 9.24. The Morgan fingerprint density at radius 2 is 1.64 bits per heavy atom. The second-order valence-corrected chi connectivity index (χ2v) is 10.3. The molecular formula is C21H31F3N4O7S. The third kappa shape index (κ3) is 10.7. The Morgan fingerprint density at radius 1 is 1.08 bits per heavy atom. The van der Waals surface area contributed by atoms with Crippen molar-refractivity contribution in [3.05, 3.63) is 23.8 Å². The Kier molecular flexibility index (Phi) is 11.4. The molecule has 15 heteroatoms. The number of carbonyl (C=O) groups excluding carboxylic acids is 1. The number of carboxylic acids is 2. The van der Waals surface area contributed by atoms with Gasteiger partial charge in [-0.2, -0.15) is 13.2 Å². The van der Waals surface area contributed by atoms with Crippen molar-refractivity contribution in [1.29, 1.82) is 0 Å². The topological polar surface area (TPSA) is 156 Å². The van der Waals surface area contributed by atoms with Crippen LogP contribution in [0, 0.1) is 5.92 Å². The molecule has 204 valence electrons. The molecule has 0 saturated carbocycles. The third-order valence-electron chi connectivity index (χ3n) is 4.93. The lowest BCUT2D eigenvalue weighted by atomic mass is 10.1. The van der Waals surface area contributed by atoms with E-state index in [0.717, 1.165) is 0 Å². The fourth-order valence-electron chi connectivity index (χ4n) is 2.98. The Balaban J connectivity index is 0.000000809. The van der Waals surface area contributed by atoms with Crippen molar-refractivity contribution in [2.45, 2.75) is 26.9 Å². The molecule has 11 nitrogen and oxygen atoms in total. The molecule has 0 atom stereocenters. The van der Waals surface area contributed by atoms with E-state index < -0.39 is 28.1 Å². The maximum absolute atomic E-state index is 12.0. The number of nitrogens with zero attached hydrogens (tertiary/aromatic N) is 2. The first kappa shape index (κ1) is 31.0. The summed E-state index contributed by atoms with van der Waals surface area (Å²) in [4.78, 5) is 36.6. The zero-order chi connectivity index (χ0) is 27.7. The van der Waals surface area contributed by atoms with Crippen molar-refractivity contribution < 1.29 is 46.2 Å². The second kappa shape index (κ2) is 13.3. The number of anilines is 2. The lowest BCUT2D eigenvalue weighted by Crippen LogP contribution is -2.49. The molecule has 1 aromatic rings. The number of aliphatic carboxylic acids is 1. The average Bonchev–Trinajstić information content (AvgIpc) is 2.78. The number of rotatable bonds is 9. The maximum Gasteiger partial charge on any atom is 0.490 e. The maximum atomic E-state index is 12.0. The van der Waals surface area contributed by atoms with Crippen LogP contribution < -0.4 is 14.9 Å². The molecule has 36 heavy (non-hydrogen) atoms. The standard InChI is InChI=1S/C19H30N4O5S.C2HF3O2/c1-4-29(27,28)21-17-6-5-15(11-16(17)19(25)26)23-9-7-22(8-10-23)13-18(24)20-12-14(2)3;3-2(4,5)1(6)7/h5-6,11,14,21H,4,7-10,12-13H2,1-3H3,(H,20,24)(H,25,26);(H,6,7). The van der Waals surface area contributed by atoms with Gasteiger partial charge < -0.3 is 20.4 Å². The van der Waals surface area contributed by atoms with Gasteiger partial charge in [-0.1, -0.05) is 13.8 Å². The van der Waals surface area contributed by atoms with Crippen molar-refractivity contribution in [3.63, 3.8) is 0 Å². The van der Waals surface area contributed by atoms with Crippen LogP contribution >= 0.6 is 0 Å². The third-order valence-corrected chi connectivity index (χ3v) is 6.22. The minimum Gasteiger partial charge on any atom is -0.478 e. The van der Waals surface area contributed by atoms with Gasteiger partial charge in [-0.15, -0.1) is 0 Å². The van der Waals surface area contributed by atoms with Crippen molar-refractivity contribution in [1.82, 2.24) is 10.2 Å². The number of amides is 1. The van der Waals surface area contributed by atoms with Gasteiger partial charge in [-0.25, -0.2) is 18.0 Å². The molecule has 0 radical (unpaired) electrons. The van der Waals surface area contributed by atoms with E-state index in [4.69, 9.17) is 9.90 Å². The number of hydrogen-bond acceptors (Lipinski definition) is 7. The smallest absolute Gasteiger partial charge is 0.478 e. The number of halogens is 3. The van der Waals surface area contributed by atoms with Crippen molar-refractivity contribution in [3.8, 4) is 0 Å². The van der Waals surface area contributed by atoms with Gasteiger partial charge in [0.2, 0.25) is 15.9 Å². The number of alkyl halides is 3. The highest BCUT2D eigenvalue weighted by Gasteiger charge is 2.38. The predicted molar refractivity (Wildman–Crippen MR) is 127 cm³/mol. The molecule has 1 aliphatic heterocycles. The monoisotopic (exact) mass is 540 g/mol. The van der Waals surface area contributed by atoms with Gasteiger partial charge in [-0.05, 0) is 31.0 Å². The van der Waals surface area contributed by atoms with Crippen LogP contribution in [0.15, 0.2) is 18.2 Å². The van der Waals surface area contributed by atoms with E-state index in [1.54, 1.807) is 6.07 Å². The molecule has 1 aromatic carbocycles. The number of sulfonamides is 1. The predicted octanol–water partition coefficient (Wildman–Crippen LogP) is 1.67. The molecule has 1 saturated heterocycles. The summed E-state index contributed by atoms with van der Waals surface area (Å²) in [5.41, 5.74) is 0.685. The Bertz CT molecular complexity index is 1020. The summed E-state index contributed by atoms with van der Waals surface area (Å²) >= 11 is 0. The quantitative estimate of drug-likeness (QED) is 0.366. The Labute approximate surface area is 207 Å². The van der Waals surface area contributed by atoms with Crippen LogP contribution in [0.25, 0.3) is 0 Å². The molecule has 1 fully saturated rings. The summed E-state index contributed by atoms with van der Waals surface area (Å²) in [6, 6.07) is 4.68.